The number of aromatic nitrogens is 2. The van der Waals surface area contributed by atoms with Crippen molar-refractivity contribution in [1.82, 2.24) is 9.97 Å². The highest BCUT2D eigenvalue weighted by molar-refractivity contribution is 5.58. The first-order valence-electron chi connectivity index (χ1n) is 5.84. The Labute approximate surface area is 101 Å². The number of hydrogen-bond acceptors (Lipinski definition) is 6. The lowest BCUT2D eigenvalue weighted by Gasteiger charge is -2.27. The molecule has 0 aromatic carbocycles. The van der Waals surface area contributed by atoms with Crippen LogP contribution < -0.4 is 16.2 Å². The average molecular weight is 237 g/mol. The fourth-order valence-corrected chi connectivity index (χ4v) is 2.43. The Bertz CT molecular complexity index is 397. The Balaban J connectivity index is 2.34. The van der Waals surface area contributed by atoms with Crippen LogP contribution in [0.5, 0.6) is 0 Å². The molecule has 17 heavy (non-hydrogen) atoms. The van der Waals surface area contributed by atoms with Crippen molar-refractivity contribution >= 4 is 11.6 Å². The van der Waals surface area contributed by atoms with E-state index in [-0.39, 0.29) is 12.6 Å². The monoisotopic (exact) mass is 237 g/mol. The Morgan fingerprint density at radius 2 is 2.35 bits per heavy atom. The summed E-state index contributed by atoms with van der Waals surface area (Å²) >= 11 is 0. The zero-order valence-corrected chi connectivity index (χ0v) is 10.2. The number of aliphatic hydroxyl groups is 1. The molecule has 2 heterocycles. The molecule has 1 aromatic heterocycles. The molecular formula is C11H19N5O. The zero-order valence-electron chi connectivity index (χ0n) is 10.2. The van der Waals surface area contributed by atoms with E-state index in [1.54, 1.807) is 0 Å². The van der Waals surface area contributed by atoms with Crippen LogP contribution in [0.3, 0.4) is 0 Å². The van der Waals surface area contributed by atoms with Gasteiger partial charge in [-0.3, -0.25) is 0 Å². The van der Waals surface area contributed by atoms with Crippen molar-refractivity contribution in [2.45, 2.75) is 26.3 Å². The summed E-state index contributed by atoms with van der Waals surface area (Å²) in [4.78, 5) is 10.5. The van der Waals surface area contributed by atoms with Crippen molar-refractivity contribution in [1.29, 1.82) is 0 Å². The van der Waals surface area contributed by atoms with Crippen LogP contribution in [0.1, 0.15) is 18.9 Å². The Morgan fingerprint density at radius 3 is 3.00 bits per heavy atom. The molecule has 2 rings (SSSR count). The summed E-state index contributed by atoms with van der Waals surface area (Å²) in [6.45, 7) is 5.14. The van der Waals surface area contributed by atoms with E-state index in [0.29, 0.717) is 11.7 Å². The summed E-state index contributed by atoms with van der Waals surface area (Å²) in [5.74, 6) is 7.37. The normalized spacial score (nSPS) is 24.1. The summed E-state index contributed by atoms with van der Waals surface area (Å²) in [5, 5.41) is 9.46. The average Bonchev–Trinajstić information content (AvgIpc) is 2.70. The fourth-order valence-electron chi connectivity index (χ4n) is 2.43. The Hall–Kier alpha value is -1.40. The molecule has 1 aliphatic heterocycles. The van der Waals surface area contributed by atoms with Crippen molar-refractivity contribution in [2.24, 2.45) is 11.8 Å². The van der Waals surface area contributed by atoms with Gasteiger partial charge in [-0.15, -0.1) is 0 Å². The zero-order chi connectivity index (χ0) is 12.4. The lowest BCUT2D eigenvalue weighted by molar-refractivity contribution is 0.244. The minimum atomic E-state index is 0.134. The molecule has 94 valence electrons. The standard InChI is InChI=1S/C11H19N5O/c1-7-3-4-16(9(7)5-17)11-8(2)10(15-12)13-6-14-11/h6-7,9,17H,3-5,12H2,1-2H3,(H,13,14,15). The van der Waals surface area contributed by atoms with Crippen molar-refractivity contribution in [3.8, 4) is 0 Å². The van der Waals surface area contributed by atoms with Gasteiger partial charge in [-0.05, 0) is 19.3 Å². The smallest absolute Gasteiger partial charge is 0.148 e. The topological polar surface area (TPSA) is 87.3 Å². The van der Waals surface area contributed by atoms with Gasteiger partial charge in [-0.1, -0.05) is 6.92 Å². The van der Waals surface area contributed by atoms with E-state index in [0.717, 1.165) is 24.3 Å². The second kappa shape index (κ2) is 4.85. The van der Waals surface area contributed by atoms with E-state index in [1.165, 1.54) is 6.33 Å². The third kappa shape index (κ3) is 2.05. The third-order valence-electron chi connectivity index (χ3n) is 3.54. The van der Waals surface area contributed by atoms with Crippen LogP contribution in [0.4, 0.5) is 11.6 Å². The van der Waals surface area contributed by atoms with Gasteiger partial charge in [0, 0.05) is 12.1 Å². The highest BCUT2D eigenvalue weighted by atomic mass is 16.3. The third-order valence-corrected chi connectivity index (χ3v) is 3.54. The molecule has 0 spiro atoms. The van der Waals surface area contributed by atoms with Crippen LogP contribution in [0.25, 0.3) is 0 Å². The van der Waals surface area contributed by atoms with Crippen LogP contribution in [0, 0.1) is 12.8 Å². The first kappa shape index (κ1) is 12.1. The predicted octanol–water partition coefficient (Wildman–Crippen LogP) is 0.278. The molecule has 1 aromatic rings. The Kier molecular flexibility index (Phi) is 3.44. The van der Waals surface area contributed by atoms with Crippen LogP contribution in [0.2, 0.25) is 0 Å². The SMILES string of the molecule is Cc1c(NN)ncnc1N1CCC(C)C1CO. The predicted molar refractivity (Wildman–Crippen MR) is 66.6 cm³/mol. The number of nitrogens with zero attached hydrogens (tertiary/aromatic N) is 3. The minimum Gasteiger partial charge on any atom is -0.394 e. The first-order chi connectivity index (χ1) is 8.19. The van der Waals surface area contributed by atoms with Crippen molar-refractivity contribution in [3.05, 3.63) is 11.9 Å². The van der Waals surface area contributed by atoms with Crippen LogP contribution >= 0.6 is 0 Å². The largest absolute Gasteiger partial charge is 0.394 e. The molecule has 2 unspecified atom stereocenters. The van der Waals surface area contributed by atoms with Crippen LogP contribution in [-0.2, 0) is 0 Å². The molecule has 0 amide bonds. The summed E-state index contributed by atoms with van der Waals surface area (Å²) < 4.78 is 0. The van der Waals surface area contributed by atoms with Gasteiger partial charge in [0.05, 0.1) is 12.6 Å². The molecular weight excluding hydrogens is 218 g/mol. The number of hydrogen-bond donors (Lipinski definition) is 3. The molecule has 0 aliphatic carbocycles. The van der Waals surface area contributed by atoms with Crippen LogP contribution in [-0.4, -0.2) is 34.3 Å². The van der Waals surface area contributed by atoms with E-state index >= 15 is 0 Å². The molecule has 1 fully saturated rings. The number of aliphatic hydroxyl groups excluding tert-OH is 1. The number of nitrogens with two attached hydrogens (primary N) is 1. The molecule has 0 radical (unpaired) electrons. The highest BCUT2D eigenvalue weighted by Crippen LogP contribution is 2.31. The van der Waals surface area contributed by atoms with Gasteiger partial charge in [0.25, 0.3) is 0 Å². The molecule has 1 aliphatic rings. The van der Waals surface area contributed by atoms with Gasteiger partial charge in [-0.25, -0.2) is 15.8 Å². The molecule has 0 bridgehead atoms. The number of nitrogen functional groups attached to an aromatic ring is 1. The number of nitrogens with one attached hydrogen (secondary N) is 1. The molecule has 6 heteroatoms. The van der Waals surface area contributed by atoms with E-state index in [9.17, 15) is 5.11 Å². The maximum Gasteiger partial charge on any atom is 0.148 e. The highest BCUT2D eigenvalue weighted by Gasteiger charge is 2.32. The minimum absolute atomic E-state index is 0.134. The molecule has 0 saturated carbocycles. The molecule has 1 saturated heterocycles. The van der Waals surface area contributed by atoms with Gasteiger partial charge in [-0.2, -0.15) is 0 Å². The second-order valence-electron chi connectivity index (χ2n) is 4.52. The van der Waals surface area contributed by atoms with Gasteiger partial charge in [0.1, 0.15) is 18.0 Å². The van der Waals surface area contributed by atoms with Crippen LogP contribution in [0.15, 0.2) is 6.33 Å². The second-order valence-corrected chi connectivity index (χ2v) is 4.52. The van der Waals surface area contributed by atoms with E-state index in [1.807, 2.05) is 6.92 Å². The van der Waals surface area contributed by atoms with Gasteiger partial charge in [0.2, 0.25) is 0 Å². The molecule has 2 atom stereocenters. The Morgan fingerprint density at radius 1 is 1.59 bits per heavy atom. The number of hydrazine groups is 1. The molecule has 6 nitrogen and oxygen atoms in total. The summed E-state index contributed by atoms with van der Waals surface area (Å²) in [6.07, 6.45) is 2.56. The van der Waals surface area contributed by atoms with Gasteiger partial charge in [0.15, 0.2) is 0 Å². The summed E-state index contributed by atoms with van der Waals surface area (Å²) in [6, 6.07) is 0.134. The van der Waals surface area contributed by atoms with Crippen molar-refractivity contribution in [3.63, 3.8) is 0 Å². The number of rotatable bonds is 3. The van der Waals surface area contributed by atoms with E-state index < -0.39 is 0 Å². The summed E-state index contributed by atoms with van der Waals surface area (Å²) in [5.41, 5.74) is 3.48. The van der Waals surface area contributed by atoms with Gasteiger partial charge >= 0.3 is 0 Å². The van der Waals surface area contributed by atoms with Crippen molar-refractivity contribution < 1.29 is 5.11 Å². The maximum atomic E-state index is 9.46. The summed E-state index contributed by atoms with van der Waals surface area (Å²) in [7, 11) is 0. The van der Waals surface area contributed by atoms with Crippen molar-refractivity contribution in [2.75, 3.05) is 23.5 Å². The number of anilines is 2. The lowest BCUT2D eigenvalue weighted by Crippen LogP contribution is -2.36. The fraction of sp³-hybridized carbons (Fsp3) is 0.636. The van der Waals surface area contributed by atoms with E-state index in [2.05, 4.69) is 27.2 Å². The van der Waals surface area contributed by atoms with Gasteiger partial charge < -0.3 is 15.4 Å². The first-order valence-corrected chi connectivity index (χ1v) is 5.84. The lowest BCUT2D eigenvalue weighted by atomic mass is 10.0. The quantitative estimate of drug-likeness (QED) is 0.517. The van der Waals surface area contributed by atoms with E-state index in [4.69, 9.17) is 5.84 Å². The maximum absolute atomic E-state index is 9.46. The molecule has 4 N–H and O–H groups in total.